The van der Waals surface area contributed by atoms with Gasteiger partial charge in [0, 0.05) is 18.3 Å². The summed E-state index contributed by atoms with van der Waals surface area (Å²) in [6, 6.07) is 0. The van der Waals surface area contributed by atoms with Crippen LogP contribution in [0.1, 0.15) is 12.8 Å². The van der Waals surface area contributed by atoms with Gasteiger partial charge in [0.2, 0.25) is 5.91 Å². The summed E-state index contributed by atoms with van der Waals surface area (Å²) in [4.78, 5) is 13.5. The number of carbonyl (C=O) groups excluding carboxylic acids is 1. The van der Waals surface area contributed by atoms with Crippen LogP contribution in [0.5, 0.6) is 0 Å². The molecule has 1 aliphatic carbocycles. The molecule has 0 aromatic carbocycles. The molecule has 1 aromatic heterocycles. The number of aromatic nitrogens is 2. The number of rotatable bonds is 1. The Labute approximate surface area is 105 Å². The molecule has 18 heavy (non-hydrogen) atoms. The molecular weight excluding hydrogens is 228 g/mol. The Morgan fingerprint density at radius 2 is 2.28 bits per heavy atom. The minimum atomic E-state index is 0.0587. The highest BCUT2D eigenvalue weighted by Gasteiger charge is 2.19. The predicted octanol–water partition coefficient (Wildman–Crippen LogP) is -0.743. The maximum Gasteiger partial charge on any atom is 0.239 e. The zero-order chi connectivity index (χ0) is 12.4. The standard InChI is InChI=1S/C13H16N4O/c18-12-9-17(8-7-14-12)13-10-5-3-1-2-4-6-11(10)15-16-13/h1,3,5-6,15H,2,4,7-9H2,(H,14,18). The van der Waals surface area contributed by atoms with Crippen LogP contribution >= 0.6 is 0 Å². The van der Waals surface area contributed by atoms with E-state index in [1.54, 1.807) is 0 Å². The molecule has 5 nitrogen and oxygen atoms in total. The highest BCUT2D eigenvalue weighted by atomic mass is 16.2. The number of anilines is 1. The van der Waals surface area contributed by atoms with Crippen molar-refractivity contribution >= 4 is 23.9 Å². The van der Waals surface area contributed by atoms with Crippen LogP contribution in [0.3, 0.4) is 0 Å². The van der Waals surface area contributed by atoms with Gasteiger partial charge in [-0.15, -0.1) is 0 Å². The highest BCUT2D eigenvalue weighted by Crippen LogP contribution is 2.04. The van der Waals surface area contributed by atoms with Gasteiger partial charge in [0.15, 0.2) is 5.82 Å². The zero-order valence-corrected chi connectivity index (χ0v) is 10.1. The molecule has 0 atom stereocenters. The van der Waals surface area contributed by atoms with E-state index in [2.05, 4.69) is 39.8 Å². The van der Waals surface area contributed by atoms with Crippen LogP contribution in [-0.4, -0.2) is 35.7 Å². The largest absolute Gasteiger partial charge is 0.353 e. The van der Waals surface area contributed by atoms with E-state index in [4.69, 9.17) is 0 Å². The molecular formula is C13H16N4O. The zero-order valence-electron chi connectivity index (χ0n) is 10.1. The number of amides is 1. The third-order valence-corrected chi connectivity index (χ3v) is 3.23. The lowest BCUT2D eigenvalue weighted by molar-refractivity contribution is -0.120. The summed E-state index contributed by atoms with van der Waals surface area (Å²) in [5.41, 5.74) is 0. The number of nitrogens with zero attached hydrogens (tertiary/aromatic N) is 2. The van der Waals surface area contributed by atoms with E-state index in [1.165, 1.54) is 0 Å². The van der Waals surface area contributed by atoms with Crippen molar-refractivity contribution in [3.8, 4) is 0 Å². The molecule has 2 N–H and O–H groups in total. The molecule has 2 aliphatic rings. The van der Waals surface area contributed by atoms with Crippen molar-refractivity contribution in [1.82, 2.24) is 15.5 Å². The van der Waals surface area contributed by atoms with E-state index in [-0.39, 0.29) is 5.91 Å². The second kappa shape index (κ2) is 4.68. The fourth-order valence-electron chi connectivity index (χ4n) is 2.32. The lowest BCUT2D eigenvalue weighted by atomic mass is 10.2. The first kappa shape index (κ1) is 11.1. The molecule has 0 radical (unpaired) electrons. The Hall–Kier alpha value is -2.04. The number of aromatic amines is 1. The van der Waals surface area contributed by atoms with Gasteiger partial charge in [-0.05, 0) is 18.9 Å². The lowest BCUT2D eigenvalue weighted by Crippen LogP contribution is -2.49. The minimum absolute atomic E-state index is 0.0587. The van der Waals surface area contributed by atoms with Gasteiger partial charge in [0.1, 0.15) is 0 Å². The molecule has 2 heterocycles. The number of piperazine rings is 1. The van der Waals surface area contributed by atoms with Crippen molar-refractivity contribution in [2.24, 2.45) is 0 Å². The second-order valence-electron chi connectivity index (χ2n) is 4.52. The summed E-state index contributed by atoms with van der Waals surface area (Å²) < 4.78 is 0. The third-order valence-electron chi connectivity index (χ3n) is 3.23. The second-order valence-corrected chi connectivity index (χ2v) is 4.52. The first-order valence-corrected chi connectivity index (χ1v) is 6.28. The van der Waals surface area contributed by atoms with Gasteiger partial charge >= 0.3 is 0 Å². The van der Waals surface area contributed by atoms with Crippen LogP contribution in [0.25, 0.3) is 12.2 Å². The first-order valence-electron chi connectivity index (χ1n) is 6.28. The van der Waals surface area contributed by atoms with Crippen LogP contribution in [-0.2, 0) is 4.79 Å². The number of allylic oxidation sites excluding steroid dienone is 2. The average Bonchev–Trinajstić information content (AvgIpc) is 2.71. The molecule has 0 saturated carbocycles. The van der Waals surface area contributed by atoms with Crippen molar-refractivity contribution in [3.05, 3.63) is 22.7 Å². The van der Waals surface area contributed by atoms with Gasteiger partial charge in [-0.3, -0.25) is 9.89 Å². The van der Waals surface area contributed by atoms with Crippen molar-refractivity contribution < 1.29 is 4.79 Å². The van der Waals surface area contributed by atoms with Crippen molar-refractivity contribution in [2.45, 2.75) is 12.8 Å². The quantitative estimate of drug-likeness (QED) is 0.684. The molecule has 5 heteroatoms. The summed E-state index contributed by atoms with van der Waals surface area (Å²) >= 11 is 0. The maximum absolute atomic E-state index is 11.4. The van der Waals surface area contributed by atoms with Gasteiger partial charge in [-0.25, -0.2) is 0 Å². The van der Waals surface area contributed by atoms with Crippen molar-refractivity contribution in [2.75, 3.05) is 24.5 Å². The number of nitrogens with one attached hydrogen (secondary N) is 2. The number of hydrogen-bond acceptors (Lipinski definition) is 3. The Morgan fingerprint density at radius 1 is 1.33 bits per heavy atom. The Kier molecular flexibility index (Phi) is 2.88. The monoisotopic (exact) mass is 244 g/mol. The molecule has 0 spiro atoms. The summed E-state index contributed by atoms with van der Waals surface area (Å²) in [7, 11) is 0. The predicted molar refractivity (Wildman–Crippen MR) is 70.4 cm³/mol. The number of fused-ring (bicyclic) bond motifs is 1. The van der Waals surface area contributed by atoms with Gasteiger partial charge in [-0.2, -0.15) is 5.10 Å². The van der Waals surface area contributed by atoms with Crippen LogP contribution in [0.15, 0.2) is 12.2 Å². The van der Waals surface area contributed by atoms with Crippen molar-refractivity contribution in [1.29, 1.82) is 0 Å². The number of H-pyrrole nitrogens is 1. The smallest absolute Gasteiger partial charge is 0.239 e. The van der Waals surface area contributed by atoms with E-state index in [1.807, 2.05) is 4.90 Å². The molecule has 94 valence electrons. The Balaban J connectivity index is 2.04. The topological polar surface area (TPSA) is 61.0 Å². The summed E-state index contributed by atoms with van der Waals surface area (Å²) in [5, 5.41) is 12.4. The molecule has 1 fully saturated rings. The minimum Gasteiger partial charge on any atom is -0.353 e. The first-order chi connectivity index (χ1) is 8.84. The van der Waals surface area contributed by atoms with E-state index < -0.39 is 0 Å². The van der Waals surface area contributed by atoms with Crippen LogP contribution in [0, 0.1) is 0 Å². The fourth-order valence-corrected chi connectivity index (χ4v) is 2.32. The molecule has 1 aliphatic heterocycles. The Bertz CT molecular complexity index is 599. The van der Waals surface area contributed by atoms with Crippen molar-refractivity contribution in [3.63, 3.8) is 0 Å². The van der Waals surface area contributed by atoms with Crippen LogP contribution in [0.2, 0.25) is 0 Å². The molecule has 1 saturated heterocycles. The molecule has 3 rings (SSSR count). The van der Waals surface area contributed by atoms with Gasteiger partial charge in [0.25, 0.3) is 0 Å². The van der Waals surface area contributed by atoms with E-state index in [0.29, 0.717) is 13.1 Å². The molecule has 1 aromatic rings. The highest BCUT2D eigenvalue weighted by molar-refractivity contribution is 5.82. The maximum atomic E-state index is 11.4. The molecule has 1 amide bonds. The Morgan fingerprint density at radius 3 is 3.17 bits per heavy atom. The summed E-state index contributed by atoms with van der Waals surface area (Å²) in [5.74, 6) is 0.936. The van der Waals surface area contributed by atoms with Gasteiger partial charge < -0.3 is 10.2 Å². The van der Waals surface area contributed by atoms with E-state index in [0.717, 1.165) is 35.8 Å². The normalized spacial score (nSPS) is 19.1. The summed E-state index contributed by atoms with van der Waals surface area (Å²) in [6.07, 6.45) is 10.5. The van der Waals surface area contributed by atoms with Gasteiger partial charge in [-0.1, -0.05) is 18.2 Å². The summed E-state index contributed by atoms with van der Waals surface area (Å²) in [6.45, 7) is 1.87. The number of carbonyl (C=O) groups is 1. The fraction of sp³-hybridized carbons (Fsp3) is 0.385. The van der Waals surface area contributed by atoms with Gasteiger partial charge in [0.05, 0.1) is 11.9 Å². The molecule has 0 bridgehead atoms. The molecule has 0 unspecified atom stereocenters. The number of hydrogen-bond donors (Lipinski definition) is 2. The van der Waals surface area contributed by atoms with E-state index in [9.17, 15) is 4.79 Å². The van der Waals surface area contributed by atoms with E-state index >= 15 is 0 Å². The average molecular weight is 244 g/mol. The van der Waals surface area contributed by atoms with Crippen LogP contribution < -0.4 is 20.8 Å². The van der Waals surface area contributed by atoms with Crippen LogP contribution in [0.4, 0.5) is 5.82 Å². The lowest BCUT2D eigenvalue weighted by Gasteiger charge is -2.26. The third kappa shape index (κ3) is 2.03. The SMILES string of the molecule is O=C1CN(c2n[nH]c3c2=CC=CCCC=3)CCN1.